The number of carbonyl (C=O) groups excluding carboxylic acids is 2. The van der Waals surface area contributed by atoms with E-state index in [1.54, 1.807) is 67.6 Å². The summed E-state index contributed by atoms with van der Waals surface area (Å²) in [4.78, 5) is 28.9. The zero-order valence-corrected chi connectivity index (χ0v) is 25.8. The summed E-state index contributed by atoms with van der Waals surface area (Å²) in [5, 5.41) is 3.59. The Morgan fingerprint density at radius 1 is 0.902 bits per heavy atom. The van der Waals surface area contributed by atoms with Gasteiger partial charge in [-0.1, -0.05) is 73.4 Å². The fourth-order valence-electron chi connectivity index (χ4n) is 4.28. The third-order valence-corrected chi connectivity index (χ3v) is 9.22. The maximum absolute atomic E-state index is 14.2. The molecule has 0 fully saturated rings. The van der Waals surface area contributed by atoms with Gasteiger partial charge in [0, 0.05) is 28.2 Å². The average Bonchev–Trinajstić information content (AvgIpc) is 2.97. The molecule has 0 saturated carbocycles. The minimum absolute atomic E-state index is 0.000888. The van der Waals surface area contributed by atoms with Gasteiger partial charge in [-0.2, -0.15) is 0 Å². The first-order valence-corrected chi connectivity index (χ1v) is 15.5. The Morgan fingerprint density at radius 2 is 1.51 bits per heavy atom. The maximum Gasteiger partial charge on any atom is 0.264 e. The molecule has 0 aliphatic rings. The van der Waals surface area contributed by atoms with E-state index in [-0.39, 0.29) is 41.2 Å². The highest BCUT2D eigenvalue weighted by Gasteiger charge is 2.35. The number of amides is 2. The molecule has 0 bridgehead atoms. The second-order valence-corrected chi connectivity index (χ2v) is 12.1. The third-order valence-electron chi connectivity index (χ3n) is 6.74. The summed E-state index contributed by atoms with van der Waals surface area (Å²) >= 11 is 12.9. The molecule has 41 heavy (non-hydrogen) atoms. The summed E-state index contributed by atoms with van der Waals surface area (Å²) in [6.45, 7) is 4.89. The standard InChI is InChI=1S/C30H35Cl2N3O5S/c1-5-21(3)33-30(37)26(6-2)34(19-23-24(31)15-12-16-25(23)32)29(36)20-35(27-17-10-11-18-28(27)40-4)41(38,39)22-13-8-7-9-14-22/h7-18,21,26H,5-6,19-20H2,1-4H3,(H,33,37)/t21-,26+/m0/s1. The number of anilines is 1. The van der Waals surface area contributed by atoms with Gasteiger partial charge in [0.1, 0.15) is 18.3 Å². The molecule has 1 N–H and O–H groups in total. The normalized spacial score (nSPS) is 12.7. The Morgan fingerprint density at radius 3 is 2.10 bits per heavy atom. The van der Waals surface area contributed by atoms with Crippen molar-refractivity contribution in [3.63, 3.8) is 0 Å². The molecule has 0 heterocycles. The lowest BCUT2D eigenvalue weighted by Gasteiger charge is -2.34. The van der Waals surface area contributed by atoms with E-state index < -0.39 is 28.5 Å². The molecule has 3 rings (SSSR count). The van der Waals surface area contributed by atoms with E-state index in [0.29, 0.717) is 22.0 Å². The van der Waals surface area contributed by atoms with Crippen LogP contribution in [0.2, 0.25) is 10.0 Å². The van der Waals surface area contributed by atoms with Crippen molar-refractivity contribution in [2.75, 3.05) is 18.0 Å². The first kappa shape index (κ1) is 32.2. The van der Waals surface area contributed by atoms with Crippen molar-refractivity contribution in [1.29, 1.82) is 0 Å². The third kappa shape index (κ3) is 7.72. The molecule has 11 heteroatoms. The number of benzene rings is 3. The van der Waals surface area contributed by atoms with Crippen LogP contribution in [0.5, 0.6) is 5.75 Å². The topological polar surface area (TPSA) is 96.0 Å². The van der Waals surface area contributed by atoms with Gasteiger partial charge in [-0.25, -0.2) is 8.42 Å². The van der Waals surface area contributed by atoms with Gasteiger partial charge in [0.15, 0.2) is 0 Å². The molecular weight excluding hydrogens is 585 g/mol. The first-order valence-electron chi connectivity index (χ1n) is 13.3. The number of hydrogen-bond donors (Lipinski definition) is 1. The summed E-state index contributed by atoms with van der Waals surface area (Å²) in [6, 6.07) is 18.3. The van der Waals surface area contributed by atoms with E-state index in [4.69, 9.17) is 27.9 Å². The monoisotopic (exact) mass is 619 g/mol. The van der Waals surface area contributed by atoms with Gasteiger partial charge in [0.25, 0.3) is 10.0 Å². The van der Waals surface area contributed by atoms with Crippen LogP contribution in [-0.4, -0.2) is 50.9 Å². The predicted octanol–water partition coefficient (Wildman–Crippen LogP) is 5.92. The van der Waals surface area contributed by atoms with Gasteiger partial charge in [-0.15, -0.1) is 0 Å². The van der Waals surface area contributed by atoms with E-state index >= 15 is 0 Å². The molecule has 0 aliphatic heterocycles. The van der Waals surface area contributed by atoms with Crippen LogP contribution in [0.3, 0.4) is 0 Å². The lowest BCUT2D eigenvalue weighted by atomic mass is 10.1. The predicted molar refractivity (Wildman–Crippen MR) is 163 cm³/mol. The van der Waals surface area contributed by atoms with Crippen molar-refractivity contribution in [3.8, 4) is 5.75 Å². The SMILES string of the molecule is CC[C@H](C(=O)N[C@@H](C)CC)N(Cc1c(Cl)cccc1Cl)C(=O)CN(c1ccccc1OC)S(=O)(=O)c1ccccc1. The van der Waals surface area contributed by atoms with Gasteiger partial charge < -0.3 is 15.0 Å². The van der Waals surface area contributed by atoms with Gasteiger partial charge in [0.05, 0.1) is 17.7 Å². The van der Waals surface area contributed by atoms with E-state index in [9.17, 15) is 18.0 Å². The number of carbonyl (C=O) groups is 2. The average molecular weight is 621 g/mol. The number of nitrogens with zero attached hydrogens (tertiary/aromatic N) is 2. The zero-order chi connectivity index (χ0) is 30.2. The van der Waals surface area contributed by atoms with Crippen molar-refractivity contribution in [1.82, 2.24) is 10.2 Å². The van der Waals surface area contributed by atoms with Crippen molar-refractivity contribution >= 4 is 50.7 Å². The van der Waals surface area contributed by atoms with E-state index in [2.05, 4.69) is 5.32 Å². The van der Waals surface area contributed by atoms with Gasteiger partial charge in [-0.05, 0) is 56.2 Å². The molecule has 0 spiro atoms. The molecule has 0 unspecified atom stereocenters. The summed E-state index contributed by atoms with van der Waals surface area (Å²) in [7, 11) is -2.80. The van der Waals surface area contributed by atoms with Crippen LogP contribution in [0.25, 0.3) is 0 Å². The highest BCUT2D eigenvalue weighted by atomic mass is 35.5. The molecule has 220 valence electrons. The van der Waals surface area contributed by atoms with Crippen molar-refractivity contribution in [2.45, 2.75) is 57.1 Å². The minimum Gasteiger partial charge on any atom is -0.495 e. The first-order chi connectivity index (χ1) is 19.5. The van der Waals surface area contributed by atoms with Crippen LogP contribution in [-0.2, 0) is 26.2 Å². The lowest BCUT2D eigenvalue weighted by Crippen LogP contribution is -2.53. The fourth-order valence-corrected chi connectivity index (χ4v) is 6.25. The Labute approximate surface area is 252 Å². The Hall–Kier alpha value is -3.27. The van der Waals surface area contributed by atoms with Gasteiger partial charge >= 0.3 is 0 Å². The highest BCUT2D eigenvalue weighted by Crippen LogP contribution is 2.33. The molecule has 3 aromatic rings. The van der Waals surface area contributed by atoms with Crippen molar-refractivity contribution in [3.05, 3.63) is 88.4 Å². The Balaban J connectivity index is 2.13. The van der Waals surface area contributed by atoms with Gasteiger partial charge in [-0.3, -0.25) is 13.9 Å². The Bertz CT molecular complexity index is 1430. The number of halogens is 2. The molecule has 0 aromatic heterocycles. The molecular formula is C30H35Cl2N3O5S. The number of para-hydroxylation sites is 2. The molecule has 2 atom stereocenters. The quantitative estimate of drug-likeness (QED) is 0.256. The summed E-state index contributed by atoms with van der Waals surface area (Å²) < 4.78 is 34.4. The van der Waals surface area contributed by atoms with E-state index in [1.165, 1.54) is 24.1 Å². The van der Waals surface area contributed by atoms with Crippen molar-refractivity contribution < 1.29 is 22.7 Å². The number of hydrogen-bond acceptors (Lipinski definition) is 5. The lowest BCUT2D eigenvalue weighted by molar-refractivity contribution is -0.140. The summed E-state index contributed by atoms with van der Waals surface area (Å²) in [6.07, 6.45) is 0.972. The summed E-state index contributed by atoms with van der Waals surface area (Å²) in [5.74, 6) is -0.701. The van der Waals surface area contributed by atoms with Crippen LogP contribution in [0.4, 0.5) is 5.69 Å². The molecule has 0 saturated heterocycles. The Kier molecular flexibility index (Phi) is 11.5. The molecule has 0 aliphatic carbocycles. The van der Waals surface area contributed by atoms with E-state index in [1.807, 2.05) is 13.8 Å². The van der Waals surface area contributed by atoms with Crippen LogP contribution >= 0.6 is 23.2 Å². The zero-order valence-electron chi connectivity index (χ0n) is 23.5. The number of sulfonamides is 1. The summed E-state index contributed by atoms with van der Waals surface area (Å²) in [5.41, 5.74) is 0.633. The number of nitrogens with one attached hydrogen (secondary N) is 1. The second-order valence-electron chi connectivity index (χ2n) is 9.46. The largest absolute Gasteiger partial charge is 0.495 e. The van der Waals surface area contributed by atoms with Crippen LogP contribution < -0.4 is 14.4 Å². The number of ether oxygens (including phenoxy) is 1. The highest BCUT2D eigenvalue weighted by molar-refractivity contribution is 7.92. The van der Waals surface area contributed by atoms with Crippen LogP contribution in [0.15, 0.2) is 77.7 Å². The number of rotatable bonds is 13. The molecule has 0 radical (unpaired) electrons. The van der Waals surface area contributed by atoms with Gasteiger partial charge in [0.2, 0.25) is 11.8 Å². The van der Waals surface area contributed by atoms with Crippen LogP contribution in [0.1, 0.15) is 39.2 Å². The van der Waals surface area contributed by atoms with Crippen molar-refractivity contribution in [2.24, 2.45) is 0 Å². The number of methoxy groups -OCH3 is 1. The minimum atomic E-state index is -4.23. The molecule has 8 nitrogen and oxygen atoms in total. The smallest absolute Gasteiger partial charge is 0.264 e. The fraction of sp³-hybridized carbons (Fsp3) is 0.333. The molecule has 2 amide bonds. The molecule has 3 aromatic carbocycles. The maximum atomic E-state index is 14.2. The second kappa shape index (κ2) is 14.6. The van der Waals surface area contributed by atoms with E-state index in [0.717, 1.165) is 4.31 Å². The van der Waals surface area contributed by atoms with Crippen LogP contribution in [0, 0.1) is 0 Å².